The Balaban J connectivity index is 1.56. The van der Waals surface area contributed by atoms with Crippen LogP contribution in [0.1, 0.15) is 28.5 Å². The molecule has 33 heavy (non-hydrogen) atoms. The Morgan fingerprint density at radius 3 is 2.27 bits per heavy atom. The highest BCUT2D eigenvalue weighted by Crippen LogP contribution is 2.40. The highest BCUT2D eigenvalue weighted by molar-refractivity contribution is 8.01. The molecule has 0 fully saturated rings. The molecule has 0 saturated carbocycles. The number of hydrogen-bond acceptors (Lipinski definition) is 8. The second kappa shape index (κ2) is 11.7. The van der Waals surface area contributed by atoms with Gasteiger partial charge in [-0.1, -0.05) is 43.0 Å². The molecule has 0 spiro atoms. The molecule has 0 bridgehead atoms. The van der Waals surface area contributed by atoms with Crippen molar-refractivity contribution in [3.63, 3.8) is 0 Å². The number of rotatable bonds is 11. The number of Topliss-reactive ketones (excluding diaryl/α,β-unsaturated/α-hetero) is 1. The van der Waals surface area contributed by atoms with Crippen molar-refractivity contribution in [2.75, 3.05) is 32.4 Å². The van der Waals surface area contributed by atoms with Crippen LogP contribution in [0, 0.1) is 0 Å². The van der Waals surface area contributed by atoms with Crippen molar-refractivity contribution in [1.29, 1.82) is 0 Å². The maximum absolute atomic E-state index is 12.5. The number of hydrogen-bond donors (Lipinski definition) is 1. The van der Waals surface area contributed by atoms with Crippen molar-refractivity contribution >= 4 is 40.5 Å². The maximum atomic E-state index is 12.5. The van der Waals surface area contributed by atoms with Crippen LogP contribution in [0.25, 0.3) is 0 Å². The third kappa shape index (κ3) is 6.49. The number of thiazole rings is 1. The Labute approximate surface area is 201 Å². The van der Waals surface area contributed by atoms with Gasteiger partial charge in [0.15, 0.2) is 21.6 Å². The first kappa shape index (κ1) is 24.6. The van der Waals surface area contributed by atoms with Crippen molar-refractivity contribution in [2.45, 2.75) is 24.1 Å². The molecule has 174 valence electrons. The summed E-state index contributed by atoms with van der Waals surface area (Å²) in [5.41, 5.74) is 3.07. The number of carbonyl (C=O) groups excluding carboxylic acids is 2. The molecular formula is C24H26N2O5S2. The van der Waals surface area contributed by atoms with E-state index in [1.165, 1.54) is 50.0 Å². The molecule has 3 rings (SSSR count). The lowest BCUT2D eigenvalue weighted by atomic mass is 10.1. The summed E-state index contributed by atoms with van der Waals surface area (Å²) < 4.78 is 16.7. The minimum Gasteiger partial charge on any atom is -0.493 e. The smallest absolute Gasteiger partial charge is 0.230 e. The summed E-state index contributed by atoms with van der Waals surface area (Å²) in [6.45, 7) is 2.08. The molecule has 0 aliphatic heterocycles. The molecule has 0 aliphatic carbocycles. The molecule has 0 aliphatic rings. The molecule has 0 radical (unpaired) electrons. The Hall–Kier alpha value is -3.04. The van der Waals surface area contributed by atoms with E-state index in [0.717, 1.165) is 10.8 Å². The third-order valence-electron chi connectivity index (χ3n) is 4.83. The number of methoxy groups -OCH3 is 3. The fraction of sp³-hybridized carbons (Fsp3) is 0.292. The van der Waals surface area contributed by atoms with Gasteiger partial charge in [-0.05, 0) is 12.0 Å². The molecule has 1 heterocycles. The zero-order valence-corrected chi connectivity index (χ0v) is 20.6. The predicted octanol–water partition coefficient (Wildman–Crippen LogP) is 4.89. The number of benzene rings is 2. The number of nitrogens with one attached hydrogen (secondary N) is 1. The van der Waals surface area contributed by atoms with Crippen molar-refractivity contribution in [3.05, 3.63) is 58.6 Å². The summed E-state index contributed by atoms with van der Waals surface area (Å²) in [5, 5.41) is 4.66. The molecule has 0 unspecified atom stereocenters. The maximum Gasteiger partial charge on any atom is 0.230 e. The molecule has 2 aromatic carbocycles. The standard InChI is InChI=1S/C24H26N2O5S2/c1-5-15-6-8-16(9-7-15)19(27)14-33-24-26-18(13-32-24)12-22(28)25-17-10-20(29-2)23(31-4)21(11-17)30-3/h6-11,13H,5,12,14H2,1-4H3,(H,25,28). The van der Waals surface area contributed by atoms with Gasteiger partial charge in [0, 0.05) is 28.8 Å². The van der Waals surface area contributed by atoms with E-state index in [-0.39, 0.29) is 18.1 Å². The third-order valence-corrected chi connectivity index (χ3v) is 6.90. The van der Waals surface area contributed by atoms with Crippen LogP contribution in [0.2, 0.25) is 0 Å². The van der Waals surface area contributed by atoms with E-state index in [4.69, 9.17) is 14.2 Å². The molecule has 7 nitrogen and oxygen atoms in total. The number of carbonyl (C=O) groups is 2. The quantitative estimate of drug-likeness (QED) is 0.305. The van der Waals surface area contributed by atoms with Gasteiger partial charge in [0.25, 0.3) is 0 Å². The fourth-order valence-corrected chi connectivity index (χ4v) is 4.83. The SMILES string of the molecule is CCc1ccc(C(=O)CSc2nc(CC(=O)Nc3cc(OC)c(OC)c(OC)c3)cs2)cc1. The van der Waals surface area contributed by atoms with Crippen LogP contribution in [-0.2, 0) is 17.6 Å². The number of nitrogens with zero attached hydrogens (tertiary/aromatic N) is 1. The first-order chi connectivity index (χ1) is 16.0. The topological polar surface area (TPSA) is 86.8 Å². The van der Waals surface area contributed by atoms with Gasteiger partial charge in [0.1, 0.15) is 0 Å². The molecule has 3 aromatic rings. The molecule has 1 amide bonds. The molecule has 1 aromatic heterocycles. The van der Waals surface area contributed by atoms with E-state index in [9.17, 15) is 9.59 Å². The minimum absolute atomic E-state index is 0.0551. The zero-order chi connectivity index (χ0) is 23.8. The number of thioether (sulfide) groups is 1. The summed E-state index contributed by atoms with van der Waals surface area (Å²) in [7, 11) is 4.55. The van der Waals surface area contributed by atoms with Gasteiger partial charge in [-0.3, -0.25) is 9.59 Å². The number of ketones is 1. The monoisotopic (exact) mass is 486 g/mol. The highest BCUT2D eigenvalue weighted by Gasteiger charge is 2.16. The van der Waals surface area contributed by atoms with E-state index in [1.807, 2.05) is 29.6 Å². The van der Waals surface area contributed by atoms with Crippen LogP contribution in [0.3, 0.4) is 0 Å². The lowest BCUT2D eigenvalue weighted by Gasteiger charge is -2.14. The van der Waals surface area contributed by atoms with Crippen molar-refractivity contribution in [3.8, 4) is 17.2 Å². The molecule has 0 atom stereocenters. The van der Waals surface area contributed by atoms with Crippen molar-refractivity contribution in [1.82, 2.24) is 4.98 Å². The lowest BCUT2D eigenvalue weighted by Crippen LogP contribution is -2.15. The number of ether oxygens (including phenoxy) is 3. The summed E-state index contributed by atoms with van der Waals surface area (Å²) in [5.74, 6) is 1.49. The van der Waals surface area contributed by atoms with E-state index >= 15 is 0 Å². The van der Waals surface area contributed by atoms with Crippen LogP contribution in [0.5, 0.6) is 17.2 Å². The predicted molar refractivity (Wildman–Crippen MR) is 131 cm³/mol. The van der Waals surface area contributed by atoms with Crippen LogP contribution < -0.4 is 19.5 Å². The molecule has 9 heteroatoms. The van der Waals surface area contributed by atoms with Crippen LogP contribution >= 0.6 is 23.1 Å². The zero-order valence-electron chi connectivity index (χ0n) is 19.0. The average molecular weight is 487 g/mol. The lowest BCUT2D eigenvalue weighted by molar-refractivity contribution is -0.115. The molecule has 1 N–H and O–H groups in total. The number of anilines is 1. The van der Waals surface area contributed by atoms with Gasteiger partial charge in [0.05, 0.1) is 39.2 Å². The minimum atomic E-state index is -0.224. The van der Waals surface area contributed by atoms with Gasteiger partial charge in [0.2, 0.25) is 11.7 Å². The highest BCUT2D eigenvalue weighted by atomic mass is 32.2. The van der Waals surface area contributed by atoms with Crippen molar-refractivity contribution in [2.24, 2.45) is 0 Å². The van der Waals surface area contributed by atoms with Gasteiger partial charge < -0.3 is 19.5 Å². The van der Waals surface area contributed by atoms with E-state index in [0.29, 0.717) is 39.9 Å². The van der Waals surface area contributed by atoms with Gasteiger partial charge in [-0.15, -0.1) is 11.3 Å². The molecule has 0 saturated heterocycles. The van der Waals surface area contributed by atoms with Crippen LogP contribution in [0.15, 0.2) is 46.1 Å². The van der Waals surface area contributed by atoms with Crippen LogP contribution in [-0.4, -0.2) is 43.8 Å². The van der Waals surface area contributed by atoms with E-state index in [2.05, 4.69) is 17.2 Å². The summed E-state index contributed by atoms with van der Waals surface area (Å²) >= 11 is 2.80. The summed E-state index contributed by atoms with van der Waals surface area (Å²) in [6.07, 6.45) is 1.05. The summed E-state index contributed by atoms with van der Waals surface area (Å²) in [6, 6.07) is 11.0. The Morgan fingerprint density at radius 1 is 1.03 bits per heavy atom. The first-order valence-corrected chi connectivity index (χ1v) is 12.1. The second-order valence-electron chi connectivity index (χ2n) is 7.01. The van der Waals surface area contributed by atoms with Gasteiger partial charge in [-0.25, -0.2) is 4.98 Å². The molecular weight excluding hydrogens is 460 g/mol. The normalized spacial score (nSPS) is 10.5. The number of amides is 1. The first-order valence-electron chi connectivity index (χ1n) is 10.3. The van der Waals surface area contributed by atoms with Crippen molar-refractivity contribution < 1.29 is 23.8 Å². The number of aromatic nitrogens is 1. The Bertz CT molecular complexity index is 1090. The Kier molecular flexibility index (Phi) is 8.73. The van der Waals surface area contributed by atoms with Crippen LogP contribution in [0.4, 0.5) is 5.69 Å². The fourth-order valence-electron chi connectivity index (χ4n) is 3.10. The summed E-state index contributed by atoms with van der Waals surface area (Å²) in [4.78, 5) is 29.4. The average Bonchev–Trinajstić information content (AvgIpc) is 3.28. The van der Waals surface area contributed by atoms with Gasteiger partial charge in [-0.2, -0.15) is 0 Å². The van der Waals surface area contributed by atoms with E-state index in [1.54, 1.807) is 12.1 Å². The van der Waals surface area contributed by atoms with E-state index < -0.39 is 0 Å². The largest absolute Gasteiger partial charge is 0.493 e. The Morgan fingerprint density at radius 2 is 1.70 bits per heavy atom. The second-order valence-corrected chi connectivity index (χ2v) is 9.09. The number of aryl methyl sites for hydroxylation is 1. The van der Waals surface area contributed by atoms with Gasteiger partial charge >= 0.3 is 0 Å².